The van der Waals surface area contributed by atoms with E-state index in [0.29, 0.717) is 5.82 Å². The van der Waals surface area contributed by atoms with Crippen LogP contribution in [0.5, 0.6) is 0 Å². The van der Waals surface area contributed by atoms with E-state index in [1.807, 2.05) is 81.4 Å². The third-order valence-corrected chi connectivity index (χ3v) is 8.45. The zero-order valence-electron chi connectivity index (χ0n) is 27.9. The lowest BCUT2D eigenvalue weighted by Gasteiger charge is -2.41. The molecule has 0 unspecified atom stereocenters. The molecular formula is C37H42F3N5O3. The van der Waals surface area contributed by atoms with Crippen LogP contribution in [0.4, 0.5) is 18.0 Å². The summed E-state index contributed by atoms with van der Waals surface area (Å²) in [5.74, 6) is -2.39. The summed E-state index contributed by atoms with van der Waals surface area (Å²) in [5.41, 5.74) is 0.926. The Morgan fingerprint density at radius 1 is 0.958 bits per heavy atom. The maximum absolute atomic E-state index is 15.7. The first-order valence-electron chi connectivity index (χ1n) is 16.2. The summed E-state index contributed by atoms with van der Waals surface area (Å²) < 4.78 is 52.1. The number of benzene rings is 3. The lowest BCUT2D eigenvalue weighted by Crippen LogP contribution is -2.47. The zero-order chi connectivity index (χ0) is 34.6. The fraction of sp³-hybridized carbons (Fsp3) is 0.405. The molecule has 1 saturated heterocycles. The number of carbonyl (C=O) groups is 2. The topological polar surface area (TPSA) is 80.6 Å². The van der Waals surface area contributed by atoms with Gasteiger partial charge in [-0.25, -0.2) is 27.6 Å². The highest BCUT2D eigenvalue weighted by molar-refractivity contribution is 5.78. The number of nitrogens with zero attached hydrogens (tertiary/aromatic N) is 5. The van der Waals surface area contributed by atoms with Gasteiger partial charge in [0.15, 0.2) is 11.6 Å². The van der Waals surface area contributed by atoms with Crippen LogP contribution in [0.1, 0.15) is 57.6 Å². The molecule has 1 aromatic heterocycles. The highest BCUT2D eigenvalue weighted by Crippen LogP contribution is 2.40. The molecule has 254 valence electrons. The van der Waals surface area contributed by atoms with Crippen LogP contribution >= 0.6 is 0 Å². The SMILES string of the molecule is CC(C)C(=O)N(C[C@@H]1CN(C(=O)OCc2ccccc2)C[C@@H]1F)[C@@H](c1nc(-c2cc(F)ccc2F)nn1Cc1ccccc1)C(C)(C)C. The van der Waals surface area contributed by atoms with Gasteiger partial charge in [0.05, 0.1) is 24.7 Å². The molecule has 48 heavy (non-hydrogen) atoms. The van der Waals surface area contributed by atoms with Crippen LogP contribution in [0.3, 0.4) is 0 Å². The van der Waals surface area contributed by atoms with E-state index in [-0.39, 0.29) is 50.1 Å². The monoisotopic (exact) mass is 661 g/mol. The molecule has 0 saturated carbocycles. The van der Waals surface area contributed by atoms with Gasteiger partial charge in [-0.15, -0.1) is 0 Å². The van der Waals surface area contributed by atoms with Crippen molar-refractivity contribution in [2.24, 2.45) is 17.3 Å². The molecule has 4 aromatic rings. The number of hydrogen-bond donors (Lipinski definition) is 0. The standard InChI is InChI=1S/C37H42F3N5O3/c1-24(2)35(46)44(21-27-20-43(22-31(27)40)36(47)48-23-26-14-10-7-11-15-26)32(37(3,4)5)34-41-33(29-18-28(38)16-17-30(29)39)42-45(34)19-25-12-8-6-9-13-25/h6-18,24,27,31-32H,19-23H2,1-5H3/t27-,31-,32-/m0/s1. The molecule has 1 aliphatic heterocycles. The van der Waals surface area contributed by atoms with E-state index in [4.69, 9.17) is 9.72 Å². The number of amides is 2. The first-order valence-corrected chi connectivity index (χ1v) is 16.2. The largest absolute Gasteiger partial charge is 0.445 e. The fourth-order valence-corrected chi connectivity index (χ4v) is 6.08. The Labute approximate surface area is 279 Å². The normalized spacial score (nSPS) is 17.1. The van der Waals surface area contributed by atoms with Gasteiger partial charge in [-0.2, -0.15) is 5.10 Å². The van der Waals surface area contributed by atoms with Crippen molar-refractivity contribution in [3.05, 3.63) is 107 Å². The molecule has 0 bridgehead atoms. The van der Waals surface area contributed by atoms with E-state index in [9.17, 15) is 14.0 Å². The van der Waals surface area contributed by atoms with E-state index < -0.39 is 47.2 Å². The predicted molar refractivity (Wildman–Crippen MR) is 176 cm³/mol. The van der Waals surface area contributed by atoms with E-state index in [2.05, 4.69) is 5.10 Å². The predicted octanol–water partition coefficient (Wildman–Crippen LogP) is 7.45. The number of halogens is 3. The Kier molecular flexibility index (Phi) is 10.6. The van der Waals surface area contributed by atoms with Crippen LogP contribution in [0.2, 0.25) is 0 Å². The Balaban J connectivity index is 1.50. The summed E-state index contributed by atoms with van der Waals surface area (Å²) in [6.45, 7) is 9.56. The van der Waals surface area contributed by atoms with Crippen molar-refractivity contribution >= 4 is 12.0 Å². The Morgan fingerprint density at radius 3 is 2.23 bits per heavy atom. The molecule has 3 aromatic carbocycles. The summed E-state index contributed by atoms with van der Waals surface area (Å²) in [6.07, 6.45) is -2.03. The summed E-state index contributed by atoms with van der Waals surface area (Å²) in [5, 5.41) is 4.64. The number of ether oxygens (including phenoxy) is 1. The van der Waals surface area contributed by atoms with Crippen molar-refractivity contribution in [1.29, 1.82) is 0 Å². The summed E-state index contributed by atoms with van der Waals surface area (Å²) >= 11 is 0. The quantitative estimate of drug-likeness (QED) is 0.176. The molecule has 2 heterocycles. The molecule has 0 radical (unpaired) electrons. The Hall–Kier alpha value is -4.67. The molecule has 3 atom stereocenters. The van der Waals surface area contributed by atoms with Crippen LogP contribution in [0, 0.1) is 28.9 Å². The minimum atomic E-state index is -1.41. The van der Waals surface area contributed by atoms with Crippen molar-refractivity contribution in [2.75, 3.05) is 19.6 Å². The van der Waals surface area contributed by atoms with Crippen LogP contribution in [0.25, 0.3) is 11.4 Å². The number of carbonyl (C=O) groups excluding carboxylic acids is 2. The van der Waals surface area contributed by atoms with Crippen LogP contribution in [-0.4, -0.2) is 62.4 Å². The average molecular weight is 662 g/mol. The van der Waals surface area contributed by atoms with Crippen LogP contribution < -0.4 is 0 Å². The van der Waals surface area contributed by atoms with Crippen LogP contribution in [-0.2, 0) is 22.7 Å². The number of aromatic nitrogens is 3. The third-order valence-electron chi connectivity index (χ3n) is 8.45. The first-order chi connectivity index (χ1) is 22.8. The molecule has 11 heteroatoms. The molecule has 0 N–H and O–H groups in total. The van der Waals surface area contributed by atoms with E-state index in [0.717, 1.165) is 29.3 Å². The minimum absolute atomic E-state index is 0.00949. The summed E-state index contributed by atoms with van der Waals surface area (Å²) in [7, 11) is 0. The second-order valence-electron chi connectivity index (χ2n) is 13.7. The van der Waals surface area contributed by atoms with Gasteiger partial charge < -0.3 is 14.5 Å². The summed E-state index contributed by atoms with van der Waals surface area (Å²) in [4.78, 5) is 34.7. The van der Waals surface area contributed by atoms with E-state index in [1.54, 1.807) is 23.4 Å². The maximum Gasteiger partial charge on any atom is 0.410 e. The molecular weight excluding hydrogens is 619 g/mol. The zero-order valence-corrected chi connectivity index (χ0v) is 27.9. The lowest BCUT2D eigenvalue weighted by molar-refractivity contribution is -0.141. The van der Waals surface area contributed by atoms with E-state index >= 15 is 8.78 Å². The minimum Gasteiger partial charge on any atom is -0.445 e. The molecule has 1 aliphatic rings. The van der Waals surface area contributed by atoms with Gasteiger partial charge in [-0.3, -0.25) is 4.79 Å². The average Bonchev–Trinajstić information content (AvgIpc) is 3.63. The highest BCUT2D eigenvalue weighted by atomic mass is 19.1. The van der Waals surface area contributed by atoms with Crippen molar-refractivity contribution in [3.63, 3.8) is 0 Å². The highest BCUT2D eigenvalue weighted by Gasteiger charge is 2.44. The smallest absolute Gasteiger partial charge is 0.410 e. The summed E-state index contributed by atoms with van der Waals surface area (Å²) in [6, 6.07) is 21.0. The van der Waals surface area contributed by atoms with Crippen molar-refractivity contribution in [3.8, 4) is 11.4 Å². The Morgan fingerprint density at radius 2 is 1.60 bits per heavy atom. The number of alkyl halides is 1. The first kappa shape index (κ1) is 34.7. The lowest BCUT2D eigenvalue weighted by atomic mass is 9.83. The number of hydrogen-bond acceptors (Lipinski definition) is 5. The van der Waals surface area contributed by atoms with Crippen molar-refractivity contribution < 1.29 is 27.5 Å². The van der Waals surface area contributed by atoms with Crippen molar-refractivity contribution in [1.82, 2.24) is 24.6 Å². The molecule has 0 spiro atoms. The Bertz CT molecular complexity index is 1710. The molecule has 5 rings (SSSR count). The second kappa shape index (κ2) is 14.6. The van der Waals surface area contributed by atoms with Crippen LogP contribution in [0.15, 0.2) is 78.9 Å². The van der Waals surface area contributed by atoms with Gasteiger partial charge in [-0.05, 0) is 34.7 Å². The molecule has 8 nitrogen and oxygen atoms in total. The van der Waals surface area contributed by atoms with Gasteiger partial charge in [0, 0.05) is 24.9 Å². The second-order valence-corrected chi connectivity index (χ2v) is 13.7. The maximum atomic E-state index is 15.7. The van der Waals surface area contributed by atoms with Gasteiger partial charge in [0.25, 0.3) is 0 Å². The number of likely N-dealkylation sites (tertiary alicyclic amines) is 1. The van der Waals surface area contributed by atoms with Gasteiger partial charge >= 0.3 is 6.09 Å². The van der Waals surface area contributed by atoms with Gasteiger partial charge in [0.1, 0.15) is 24.4 Å². The number of rotatable bonds is 10. The fourth-order valence-electron chi connectivity index (χ4n) is 6.08. The molecule has 1 fully saturated rings. The van der Waals surface area contributed by atoms with Crippen molar-refractivity contribution in [2.45, 2.75) is 60.0 Å². The van der Waals surface area contributed by atoms with E-state index in [1.165, 1.54) is 4.90 Å². The van der Waals surface area contributed by atoms with Gasteiger partial charge in [0.2, 0.25) is 5.91 Å². The van der Waals surface area contributed by atoms with Gasteiger partial charge in [-0.1, -0.05) is 95.3 Å². The molecule has 2 amide bonds. The third kappa shape index (κ3) is 8.06. The molecule has 0 aliphatic carbocycles.